The van der Waals surface area contributed by atoms with Crippen LogP contribution >= 0.6 is 0 Å². The Morgan fingerprint density at radius 3 is 2.59 bits per heavy atom. The van der Waals surface area contributed by atoms with Gasteiger partial charge in [0.15, 0.2) is 5.78 Å². The van der Waals surface area contributed by atoms with Crippen molar-refractivity contribution in [2.45, 2.75) is 0 Å². The number of nitrogens with zero attached hydrogens (tertiary/aromatic N) is 2. The molecular formula is C26H23FN2O3. The number of hydrogen-bond acceptors (Lipinski definition) is 5. The van der Waals surface area contributed by atoms with Crippen molar-refractivity contribution in [3.63, 3.8) is 0 Å². The van der Waals surface area contributed by atoms with E-state index in [0.717, 1.165) is 32.8 Å². The molecule has 5 rings (SSSR count). The van der Waals surface area contributed by atoms with Crippen molar-refractivity contribution in [2.75, 3.05) is 39.5 Å². The molecule has 0 saturated carbocycles. The minimum atomic E-state index is -0.365. The number of morpholine rings is 1. The number of benzene rings is 2. The summed E-state index contributed by atoms with van der Waals surface area (Å²) in [6, 6.07) is 15.6. The largest absolute Gasteiger partial charge is 0.492 e. The molecule has 0 radical (unpaired) electrons. The van der Waals surface area contributed by atoms with E-state index >= 15 is 0 Å². The van der Waals surface area contributed by atoms with Crippen molar-refractivity contribution in [1.29, 1.82) is 0 Å². The first-order valence-electron chi connectivity index (χ1n) is 10.7. The highest BCUT2D eigenvalue weighted by Gasteiger charge is 2.33. The third-order valence-corrected chi connectivity index (χ3v) is 5.86. The molecule has 3 aromatic rings. The van der Waals surface area contributed by atoms with Gasteiger partial charge in [0.25, 0.3) is 0 Å². The number of ketones is 1. The zero-order valence-electron chi connectivity index (χ0n) is 17.6. The van der Waals surface area contributed by atoms with Crippen molar-refractivity contribution in [3.8, 4) is 5.75 Å². The van der Waals surface area contributed by atoms with Crippen molar-refractivity contribution < 1.29 is 18.7 Å². The number of carbonyl (C=O) groups is 1. The van der Waals surface area contributed by atoms with Crippen molar-refractivity contribution in [2.24, 2.45) is 0 Å². The summed E-state index contributed by atoms with van der Waals surface area (Å²) in [6.45, 7) is 4.61. The Morgan fingerprint density at radius 1 is 0.969 bits per heavy atom. The highest BCUT2D eigenvalue weighted by Crippen LogP contribution is 2.43. The lowest BCUT2D eigenvalue weighted by atomic mass is 9.94. The molecule has 2 aromatic carbocycles. The van der Waals surface area contributed by atoms with E-state index in [0.29, 0.717) is 45.8 Å². The van der Waals surface area contributed by atoms with Crippen molar-refractivity contribution in [3.05, 3.63) is 95.1 Å². The van der Waals surface area contributed by atoms with Crippen LogP contribution in [0.3, 0.4) is 0 Å². The molecule has 0 spiro atoms. The van der Waals surface area contributed by atoms with Gasteiger partial charge in [-0.2, -0.15) is 0 Å². The zero-order chi connectivity index (χ0) is 21.9. The zero-order valence-corrected chi connectivity index (χ0v) is 17.6. The van der Waals surface area contributed by atoms with Crippen LogP contribution in [0.15, 0.2) is 67.0 Å². The van der Waals surface area contributed by atoms with E-state index in [2.05, 4.69) is 9.88 Å². The number of carbonyl (C=O) groups excluding carboxylic acids is 1. The third kappa shape index (κ3) is 3.95. The number of hydrogen-bond donors (Lipinski definition) is 0. The number of aromatic nitrogens is 1. The average molecular weight is 430 g/mol. The third-order valence-electron chi connectivity index (χ3n) is 5.86. The summed E-state index contributed by atoms with van der Waals surface area (Å²) >= 11 is 0. The molecular weight excluding hydrogens is 407 g/mol. The minimum Gasteiger partial charge on any atom is -0.492 e. The second kappa shape index (κ2) is 9.02. The Balaban J connectivity index is 1.47. The topological polar surface area (TPSA) is 51.7 Å². The average Bonchev–Trinajstić information content (AvgIpc) is 3.12. The van der Waals surface area contributed by atoms with E-state index in [1.807, 2.05) is 18.2 Å². The van der Waals surface area contributed by atoms with Crippen LogP contribution in [0.25, 0.3) is 11.1 Å². The molecule has 0 atom stereocenters. The quantitative estimate of drug-likeness (QED) is 0.590. The maximum Gasteiger partial charge on any atom is 0.195 e. The summed E-state index contributed by atoms with van der Waals surface area (Å²) in [6.07, 6.45) is 3.29. The lowest BCUT2D eigenvalue weighted by Crippen LogP contribution is -2.38. The fraction of sp³-hybridized carbons (Fsp3) is 0.231. The SMILES string of the molecule is O=C1C(c2cccnc2)=C(c2ccccc2F)c2ccc(OCCN3CCOCC3)cc21. The monoisotopic (exact) mass is 430 g/mol. The summed E-state index contributed by atoms with van der Waals surface area (Å²) in [4.78, 5) is 19.9. The second-order valence-corrected chi connectivity index (χ2v) is 7.81. The molecule has 2 aliphatic rings. The smallest absolute Gasteiger partial charge is 0.195 e. The maximum absolute atomic E-state index is 14.8. The van der Waals surface area contributed by atoms with Crippen LogP contribution in [0.5, 0.6) is 5.75 Å². The van der Waals surface area contributed by atoms with Crippen LogP contribution in [0, 0.1) is 5.82 Å². The van der Waals surface area contributed by atoms with E-state index in [-0.39, 0.29) is 11.6 Å². The van der Waals surface area contributed by atoms with Crippen molar-refractivity contribution in [1.82, 2.24) is 9.88 Å². The highest BCUT2D eigenvalue weighted by atomic mass is 19.1. The number of allylic oxidation sites excluding steroid dienone is 1. The van der Waals surface area contributed by atoms with E-state index in [9.17, 15) is 9.18 Å². The summed E-state index contributed by atoms with van der Waals surface area (Å²) in [7, 11) is 0. The predicted molar refractivity (Wildman–Crippen MR) is 120 cm³/mol. The van der Waals surface area contributed by atoms with Gasteiger partial charge in [-0.3, -0.25) is 14.7 Å². The van der Waals surface area contributed by atoms with Crippen LogP contribution < -0.4 is 4.74 Å². The molecule has 0 unspecified atom stereocenters. The number of ether oxygens (including phenoxy) is 2. The molecule has 1 aliphatic heterocycles. The molecule has 0 amide bonds. The van der Waals surface area contributed by atoms with Gasteiger partial charge in [-0.25, -0.2) is 4.39 Å². The number of pyridine rings is 1. The summed E-state index contributed by atoms with van der Waals surface area (Å²) in [5.74, 6) is 0.117. The molecule has 1 fully saturated rings. The molecule has 162 valence electrons. The summed E-state index contributed by atoms with van der Waals surface area (Å²) < 4.78 is 26.1. The number of Topliss-reactive ketones (excluding diaryl/α,β-unsaturated/α-hetero) is 1. The lowest BCUT2D eigenvalue weighted by molar-refractivity contribution is 0.0322. The van der Waals surface area contributed by atoms with Crippen LogP contribution in [0.2, 0.25) is 0 Å². The Hall–Kier alpha value is -3.35. The summed E-state index contributed by atoms with van der Waals surface area (Å²) in [5, 5.41) is 0. The van der Waals surface area contributed by atoms with Crippen LogP contribution in [-0.2, 0) is 4.74 Å². The number of halogens is 1. The standard InChI is InChI=1S/C26H23FN2O3/c27-23-6-2-1-5-21(23)25-20-8-7-19(32-15-12-29-10-13-31-14-11-29)16-22(20)26(30)24(25)18-4-3-9-28-17-18/h1-9,16-17H,10-15H2. The molecule has 1 saturated heterocycles. The van der Waals surface area contributed by atoms with Gasteiger partial charge in [0.2, 0.25) is 0 Å². The number of fused-ring (bicyclic) bond motifs is 1. The van der Waals surface area contributed by atoms with E-state index in [1.165, 1.54) is 6.07 Å². The van der Waals surface area contributed by atoms with Gasteiger partial charge in [-0.1, -0.05) is 24.3 Å². The van der Waals surface area contributed by atoms with Gasteiger partial charge in [-0.15, -0.1) is 0 Å². The minimum absolute atomic E-state index is 0.148. The van der Waals surface area contributed by atoms with Gasteiger partial charge in [-0.05, 0) is 35.9 Å². The number of rotatable bonds is 6. The van der Waals surface area contributed by atoms with Gasteiger partial charge >= 0.3 is 0 Å². The molecule has 32 heavy (non-hydrogen) atoms. The summed E-state index contributed by atoms with van der Waals surface area (Å²) in [5.41, 5.74) is 3.35. The van der Waals surface area contributed by atoms with Gasteiger partial charge in [0.1, 0.15) is 18.2 Å². The predicted octanol–water partition coefficient (Wildman–Crippen LogP) is 4.09. The molecule has 2 heterocycles. The Kier molecular flexibility index (Phi) is 5.79. The molecule has 0 N–H and O–H groups in total. The normalized spacial score (nSPS) is 16.3. The molecule has 6 heteroatoms. The van der Waals surface area contributed by atoms with E-state index in [4.69, 9.17) is 9.47 Å². The molecule has 5 nitrogen and oxygen atoms in total. The van der Waals surface area contributed by atoms with E-state index < -0.39 is 0 Å². The Labute approximate surface area is 186 Å². The van der Waals surface area contributed by atoms with E-state index in [1.54, 1.807) is 42.7 Å². The molecule has 1 aromatic heterocycles. The molecule has 0 bridgehead atoms. The van der Waals surface area contributed by atoms with Crippen LogP contribution in [0.1, 0.15) is 27.0 Å². The first-order valence-corrected chi connectivity index (χ1v) is 10.7. The van der Waals surface area contributed by atoms with Crippen LogP contribution in [-0.4, -0.2) is 55.1 Å². The highest BCUT2D eigenvalue weighted by molar-refractivity contribution is 6.41. The second-order valence-electron chi connectivity index (χ2n) is 7.81. The fourth-order valence-corrected chi connectivity index (χ4v) is 4.25. The van der Waals surface area contributed by atoms with Crippen LogP contribution in [0.4, 0.5) is 4.39 Å². The fourth-order valence-electron chi connectivity index (χ4n) is 4.25. The van der Waals surface area contributed by atoms with Gasteiger partial charge in [0, 0.05) is 59.9 Å². The maximum atomic E-state index is 14.8. The lowest BCUT2D eigenvalue weighted by Gasteiger charge is -2.26. The first kappa shape index (κ1) is 20.5. The van der Waals surface area contributed by atoms with Crippen molar-refractivity contribution >= 4 is 16.9 Å². The first-order chi connectivity index (χ1) is 15.7. The Morgan fingerprint density at radius 2 is 1.81 bits per heavy atom. The van der Waals surface area contributed by atoms with Gasteiger partial charge < -0.3 is 9.47 Å². The van der Waals surface area contributed by atoms with Gasteiger partial charge in [0.05, 0.1) is 13.2 Å². The molecule has 1 aliphatic carbocycles. The Bertz CT molecular complexity index is 1170.